The van der Waals surface area contributed by atoms with Gasteiger partial charge in [-0.2, -0.15) is 5.10 Å². The van der Waals surface area contributed by atoms with Crippen LogP contribution in [-0.2, 0) is 13.2 Å². The van der Waals surface area contributed by atoms with Crippen LogP contribution in [0.15, 0.2) is 54.6 Å². The smallest absolute Gasteiger partial charge is 0.193 e. The molecule has 0 N–H and O–H groups in total. The van der Waals surface area contributed by atoms with Gasteiger partial charge < -0.3 is 4.74 Å². The molecule has 2 aromatic carbocycles. The lowest BCUT2D eigenvalue weighted by Crippen LogP contribution is -2.08. The molecule has 1 aromatic heterocycles. The van der Waals surface area contributed by atoms with Crippen molar-refractivity contribution < 1.29 is 9.53 Å². The summed E-state index contributed by atoms with van der Waals surface area (Å²) in [6.45, 7) is 2.88. The number of ketones is 1. The number of hydrogen-bond acceptors (Lipinski definition) is 3. The molecule has 3 aromatic rings. The van der Waals surface area contributed by atoms with Crippen molar-refractivity contribution >= 4 is 33.3 Å². The van der Waals surface area contributed by atoms with E-state index in [2.05, 4.69) is 21.0 Å². The molecule has 0 unspecified atom stereocenters. The summed E-state index contributed by atoms with van der Waals surface area (Å²) >= 11 is 9.35. The van der Waals surface area contributed by atoms with E-state index in [-0.39, 0.29) is 11.1 Å². The van der Waals surface area contributed by atoms with Crippen LogP contribution in [0.1, 0.15) is 27.3 Å². The maximum absolute atomic E-state index is 11.8. The van der Waals surface area contributed by atoms with Crippen molar-refractivity contribution in [3.8, 4) is 5.75 Å². The summed E-state index contributed by atoms with van der Waals surface area (Å²) in [6.07, 6.45) is 0. The molecule has 3 rings (SSSR count). The van der Waals surface area contributed by atoms with Gasteiger partial charge in [0.05, 0.1) is 11.9 Å². The van der Waals surface area contributed by atoms with Crippen LogP contribution in [0.3, 0.4) is 0 Å². The minimum Gasteiger partial charge on any atom is -0.489 e. The monoisotopic (exact) mass is 432 g/mol. The van der Waals surface area contributed by atoms with E-state index in [1.54, 1.807) is 16.8 Å². The number of alkyl halides is 1. The molecule has 0 spiro atoms. The number of benzene rings is 2. The van der Waals surface area contributed by atoms with Crippen LogP contribution in [0, 0.1) is 6.92 Å². The fourth-order valence-corrected chi connectivity index (χ4v) is 3.07. The van der Waals surface area contributed by atoms with Crippen molar-refractivity contribution in [1.82, 2.24) is 9.78 Å². The summed E-state index contributed by atoms with van der Waals surface area (Å²) in [5.74, 6) is 0.708. The number of carbonyl (C=O) groups excluding carboxylic acids is 1. The Hall–Kier alpha value is -2.11. The lowest BCUT2D eigenvalue weighted by molar-refractivity contribution is 0.101. The van der Waals surface area contributed by atoms with Crippen molar-refractivity contribution in [2.75, 3.05) is 5.33 Å². The summed E-state index contributed by atoms with van der Waals surface area (Å²) in [5, 5.41) is 5.29. The van der Waals surface area contributed by atoms with Crippen LogP contribution >= 0.6 is 27.5 Å². The number of nitrogens with zero attached hydrogens (tertiary/aromatic N) is 2. The van der Waals surface area contributed by atoms with Gasteiger partial charge in [0.1, 0.15) is 18.1 Å². The van der Waals surface area contributed by atoms with Gasteiger partial charge in [0.2, 0.25) is 0 Å². The molecule has 0 atom stereocenters. The van der Waals surface area contributed by atoms with E-state index < -0.39 is 0 Å². The molecule has 6 heteroatoms. The molecular formula is C20H18BrClN2O2. The average molecular weight is 434 g/mol. The van der Waals surface area contributed by atoms with Gasteiger partial charge in [-0.05, 0) is 36.8 Å². The van der Waals surface area contributed by atoms with Crippen LogP contribution in [0.2, 0.25) is 5.02 Å². The van der Waals surface area contributed by atoms with Crippen molar-refractivity contribution in [3.63, 3.8) is 0 Å². The minimum atomic E-state index is -0.0431. The van der Waals surface area contributed by atoms with E-state index in [0.29, 0.717) is 23.9 Å². The van der Waals surface area contributed by atoms with Crippen molar-refractivity contribution in [2.24, 2.45) is 0 Å². The third-order valence-corrected chi connectivity index (χ3v) is 4.71. The van der Waals surface area contributed by atoms with Crippen molar-refractivity contribution in [1.29, 1.82) is 0 Å². The second kappa shape index (κ2) is 8.52. The maximum atomic E-state index is 11.8. The SMILES string of the molecule is Cc1cc(C(=O)CBr)nn1Cc1cc(Cl)ccc1OCc1ccccc1. The first-order chi connectivity index (χ1) is 12.6. The van der Waals surface area contributed by atoms with Crippen molar-refractivity contribution in [3.05, 3.63) is 82.1 Å². The fourth-order valence-electron chi connectivity index (χ4n) is 2.58. The summed E-state index contributed by atoms with van der Waals surface area (Å²) in [7, 11) is 0. The topological polar surface area (TPSA) is 44.1 Å². The van der Waals surface area contributed by atoms with E-state index >= 15 is 0 Å². The lowest BCUT2D eigenvalue weighted by atomic mass is 10.2. The van der Waals surface area contributed by atoms with Gasteiger partial charge in [-0.3, -0.25) is 9.48 Å². The van der Waals surface area contributed by atoms with Crippen LogP contribution < -0.4 is 4.74 Å². The van der Waals surface area contributed by atoms with Gasteiger partial charge >= 0.3 is 0 Å². The van der Waals surface area contributed by atoms with Gasteiger partial charge in [-0.1, -0.05) is 57.9 Å². The first kappa shape index (κ1) is 18.7. The third-order valence-electron chi connectivity index (χ3n) is 3.97. The molecule has 0 radical (unpaired) electrons. The van der Waals surface area contributed by atoms with E-state index in [1.165, 1.54) is 0 Å². The molecule has 26 heavy (non-hydrogen) atoms. The largest absolute Gasteiger partial charge is 0.489 e. The van der Waals surface area contributed by atoms with Crippen LogP contribution in [0.5, 0.6) is 5.75 Å². The Morgan fingerprint density at radius 1 is 1.19 bits per heavy atom. The molecule has 0 amide bonds. The minimum absolute atomic E-state index is 0.0431. The Morgan fingerprint density at radius 3 is 2.69 bits per heavy atom. The van der Waals surface area contributed by atoms with Crippen LogP contribution in [-0.4, -0.2) is 20.9 Å². The molecule has 0 aliphatic carbocycles. The highest BCUT2D eigenvalue weighted by Gasteiger charge is 2.13. The predicted octanol–water partition coefficient (Wildman–Crippen LogP) is 5.05. The Kier molecular flexibility index (Phi) is 6.12. The number of ether oxygens (including phenoxy) is 1. The van der Waals surface area contributed by atoms with Gasteiger partial charge in [0, 0.05) is 16.3 Å². The Labute approximate surface area is 165 Å². The number of rotatable bonds is 7. The molecule has 0 aliphatic rings. The number of hydrogen-bond donors (Lipinski definition) is 0. The third kappa shape index (κ3) is 4.54. The number of aryl methyl sites for hydroxylation is 1. The standard InChI is InChI=1S/C20H18BrClN2O2/c1-14-9-18(19(25)11-21)23-24(14)12-16-10-17(22)7-8-20(16)26-13-15-5-3-2-4-6-15/h2-10H,11-13H2,1H3. The summed E-state index contributed by atoms with van der Waals surface area (Å²) in [6, 6.07) is 17.3. The van der Waals surface area contributed by atoms with Gasteiger partial charge in [-0.25, -0.2) is 0 Å². The maximum Gasteiger partial charge on any atom is 0.193 e. The van der Waals surface area contributed by atoms with E-state index in [9.17, 15) is 4.79 Å². The summed E-state index contributed by atoms with van der Waals surface area (Å²) < 4.78 is 7.78. The predicted molar refractivity (Wildman–Crippen MR) is 106 cm³/mol. The van der Waals surface area contributed by atoms with Gasteiger partial charge in [0.15, 0.2) is 5.78 Å². The first-order valence-corrected chi connectivity index (χ1v) is 9.65. The number of carbonyl (C=O) groups is 1. The second-order valence-corrected chi connectivity index (χ2v) is 6.91. The molecule has 0 bridgehead atoms. The Bertz CT molecular complexity index is 909. The zero-order valence-corrected chi connectivity index (χ0v) is 16.6. The molecular weight excluding hydrogens is 416 g/mol. The normalized spacial score (nSPS) is 10.7. The number of halogens is 2. The van der Waals surface area contributed by atoms with Gasteiger partial charge in [-0.15, -0.1) is 0 Å². The molecule has 4 nitrogen and oxygen atoms in total. The van der Waals surface area contributed by atoms with E-state index in [4.69, 9.17) is 16.3 Å². The molecule has 0 saturated carbocycles. The zero-order chi connectivity index (χ0) is 18.5. The highest BCUT2D eigenvalue weighted by molar-refractivity contribution is 9.09. The van der Waals surface area contributed by atoms with Crippen molar-refractivity contribution in [2.45, 2.75) is 20.1 Å². The molecule has 0 aliphatic heterocycles. The zero-order valence-electron chi connectivity index (χ0n) is 14.3. The lowest BCUT2D eigenvalue weighted by Gasteiger charge is -2.13. The molecule has 0 fully saturated rings. The fraction of sp³-hybridized carbons (Fsp3) is 0.200. The summed E-state index contributed by atoms with van der Waals surface area (Å²) in [5.41, 5.74) is 3.36. The quantitative estimate of drug-likeness (QED) is 0.387. The second-order valence-electron chi connectivity index (χ2n) is 5.91. The Morgan fingerprint density at radius 2 is 1.96 bits per heavy atom. The number of Topliss-reactive ketones (excluding diaryl/α,β-unsaturated/α-hetero) is 1. The highest BCUT2D eigenvalue weighted by Crippen LogP contribution is 2.25. The molecule has 1 heterocycles. The van der Waals surface area contributed by atoms with E-state index in [0.717, 1.165) is 22.6 Å². The summed E-state index contributed by atoms with van der Waals surface area (Å²) in [4.78, 5) is 11.8. The molecule has 0 saturated heterocycles. The van der Waals surface area contributed by atoms with Crippen LogP contribution in [0.4, 0.5) is 0 Å². The first-order valence-electron chi connectivity index (χ1n) is 8.15. The van der Waals surface area contributed by atoms with Gasteiger partial charge in [0.25, 0.3) is 0 Å². The van der Waals surface area contributed by atoms with Crippen LogP contribution in [0.25, 0.3) is 0 Å². The molecule has 134 valence electrons. The Balaban J connectivity index is 1.82. The number of aromatic nitrogens is 2. The average Bonchev–Trinajstić information content (AvgIpc) is 3.02. The van der Waals surface area contributed by atoms with E-state index in [1.807, 2.05) is 49.4 Å². The highest BCUT2D eigenvalue weighted by atomic mass is 79.9.